The summed E-state index contributed by atoms with van der Waals surface area (Å²) in [6.45, 7) is -0.0858. The number of carbonyl (C=O) groups excluding carboxylic acids is 1. The number of pyridine rings is 1. The number of rotatable bonds is 7. The van der Waals surface area contributed by atoms with E-state index in [4.69, 9.17) is 0 Å². The van der Waals surface area contributed by atoms with Crippen molar-refractivity contribution in [2.75, 3.05) is 33.6 Å². The maximum Gasteiger partial charge on any atom is 0.421 e. The predicted molar refractivity (Wildman–Crippen MR) is 124 cm³/mol. The van der Waals surface area contributed by atoms with Crippen LogP contribution in [0.25, 0.3) is 0 Å². The van der Waals surface area contributed by atoms with E-state index in [-0.39, 0.29) is 30.6 Å². The number of nitrogens with zero attached hydrogens (tertiary/aromatic N) is 4. The lowest BCUT2D eigenvalue weighted by Gasteiger charge is -2.17. The molecular formula is C21H20F3N7O3S. The van der Waals surface area contributed by atoms with Crippen LogP contribution >= 0.6 is 0 Å². The highest BCUT2D eigenvalue weighted by Gasteiger charge is 2.35. The number of benzene rings is 1. The first-order valence-electron chi connectivity index (χ1n) is 10.2. The van der Waals surface area contributed by atoms with E-state index in [1.165, 1.54) is 19.3 Å². The van der Waals surface area contributed by atoms with Crippen molar-refractivity contribution in [1.82, 2.24) is 15.0 Å². The van der Waals surface area contributed by atoms with Gasteiger partial charge in [0, 0.05) is 37.4 Å². The van der Waals surface area contributed by atoms with E-state index in [2.05, 4.69) is 30.9 Å². The van der Waals surface area contributed by atoms with Crippen molar-refractivity contribution in [3.8, 4) is 0 Å². The first kappa shape index (κ1) is 24.2. The van der Waals surface area contributed by atoms with Gasteiger partial charge in [0.25, 0.3) is 0 Å². The average molecular weight is 507 g/mol. The Hall–Kier alpha value is -3.94. The quantitative estimate of drug-likeness (QED) is 0.445. The summed E-state index contributed by atoms with van der Waals surface area (Å²) in [7, 11) is -2.24. The van der Waals surface area contributed by atoms with Gasteiger partial charge < -0.3 is 16.0 Å². The summed E-state index contributed by atoms with van der Waals surface area (Å²) in [6.07, 6.45) is -1.41. The fraction of sp³-hybridized carbons (Fsp3) is 0.238. The van der Waals surface area contributed by atoms with Crippen molar-refractivity contribution in [2.45, 2.75) is 19.1 Å². The fourth-order valence-electron chi connectivity index (χ4n) is 3.30. The van der Waals surface area contributed by atoms with Gasteiger partial charge in [-0.15, -0.1) is 0 Å². The summed E-state index contributed by atoms with van der Waals surface area (Å²) in [5, 5.41) is 8.19. The molecule has 1 aliphatic rings. The molecule has 0 aliphatic carbocycles. The molecule has 0 saturated carbocycles. The van der Waals surface area contributed by atoms with Gasteiger partial charge in [0.05, 0.1) is 12.7 Å². The standard InChI is InChI=1S/C21H20F3N7O3S/c1-31(35(2,33)34)17-7-12(5-6-25-17)10-26-19-15(21(22,23)24)11-27-20(30-19)28-14-4-3-13-8-18(32)29-16(13)9-14/h3-7,9,11H,8,10H2,1-2H3,(H,29,32)(H2,26,27,28,30). The molecule has 0 radical (unpaired) electrons. The third kappa shape index (κ3) is 5.59. The summed E-state index contributed by atoms with van der Waals surface area (Å²) < 4.78 is 65.1. The molecule has 1 aliphatic heterocycles. The van der Waals surface area contributed by atoms with E-state index in [1.54, 1.807) is 24.3 Å². The number of fused-ring (bicyclic) bond motifs is 1. The summed E-state index contributed by atoms with van der Waals surface area (Å²) >= 11 is 0. The Bertz CT molecular complexity index is 1400. The second-order valence-electron chi connectivity index (χ2n) is 7.78. The van der Waals surface area contributed by atoms with Crippen molar-refractivity contribution in [2.24, 2.45) is 0 Å². The molecule has 0 spiro atoms. The van der Waals surface area contributed by atoms with Crippen LogP contribution in [0.5, 0.6) is 0 Å². The summed E-state index contributed by atoms with van der Waals surface area (Å²) in [6, 6.07) is 8.03. The number of halogens is 3. The van der Waals surface area contributed by atoms with Crippen LogP contribution in [0, 0.1) is 0 Å². The lowest BCUT2D eigenvalue weighted by Crippen LogP contribution is -2.25. The molecule has 3 heterocycles. The van der Waals surface area contributed by atoms with Gasteiger partial charge >= 0.3 is 6.18 Å². The topological polar surface area (TPSA) is 129 Å². The van der Waals surface area contributed by atoms with Crippen LogP contribution in [0.3, 0.4) is 0 Å². The van der Waals surface area contributed by atoms with Crippen LogP contribution in [-0.2, 0) is 34.0 Å². The van der Waals surface area contributed by atoms with Crippen LogP contribution in [0.1, 0.15) is 16.7 Å². The highest BCUT2D eigenvalue weighted by atomic mass is 32.2. The van der Waals surface area contributed by atoms with Crippen LogP contribution in [0.4, 0.5) is 42.1 Å². The highest BCUT2D eigenvalue weighted by molar-refractivity contribution is 7.92. The third-order valence-electron chi connectivity index (χ3n) is 5.18. The molecule has 0 bridgehead atoms. The lowest BCUT2D eigenvalue weighted by molar-refractivity contribution is -0.137. The molecular weight excluding hydrogens is 487 g/mol. The number of carbonyl (C=O) groups is 1. The smallest absolute Gasteiger partial charge is 0.365 e. The summed E-state index contributed by atoms with van der Waals surface area (Å²) in [4.78, 5) is 23.3. The van der Waals surface area contributed by atoms with Crippen molar-refractivity contribution < 1.29 is 26.4 Å². The number of alkyl halides is 3. The Morgan fingerprint density at radius 2 is 1.94 bits per heavy atom. The minimum atomic E-state index is -4.71. The summed E-state index contributed by atoms with van der Waals surface area (Å²) in [5.41, 5.74) is 1.33. The number of nitrogens with one attached hydrogen (secondary N) is 3. The van der Waals surface area contributed by atoms with Crippen LogP contribution < -0.4 is 20.3 Å². The molecule has 4 rings (SSSR count). The number of sulfonamides is 1. The van der Waals surface area contributed by atoms with Crippen molar-refractivity contribution in [3.63, 3.8) is 0 Å². The second-order valence-corrected chi connectivity index (χ2v) is 9.80. The zero-order chi connectivity index (χ0) is 25.4. The van der Waals surface area contributed by atoms with Crippen LogP contribution in [-0.4, -0.2) is 42.6 Å². The minimum Gasteiger partial charge on any atom is -0.365 e. The Labute approximate surface area is 198 Å². The molecule has 1 aromatic carbocycles. The Morgan fingerprint density at radius 1 is 1.17 bits per heavy atom. The SMILES string of the molecule is CN(c1cc(CNc2nc(Nc3ccc4c(c3)NC(=O)C4)ncc2C(F)(F)F)ccn1)S(C)(=O)=O. The van der Waals surface area contributed by atoms with Gasteiger partial charge in [-0.1, -0.05) is 6.07 Å². The van der Waals surface area contributed by atoms with E-state index in [9.17, 15) is 26.4 Å². The van der Waals surface area contributed by atoms with E-state index in [1.807, 2.05) is 0 Å². The van der Waals surface area contributed by atoms with Gasteiger partial charge in [0.2, 0.25) is 21.9 Å². The van der Waals surface area contributed by atoms with Crippen molar-refractivity contribution >= 4 is 44.9 Å². The molecule has 35 heavy (non-hydrogen) atoms. The zero-order valence-corrected chi connectivity index (χ0v) is 19.3. The maximum absolute atomic E-state index is 13.6. The van der Waals surface area contributed by atoms with E-state index < -0.39 is 27.6 Å². The van der Waals surface area contributed by atoms with Crippen molar-refractivity contribution in [1.29, 1.82) is 0 Å². The molecule has 0 atom stereocenters. The average Bonchev–Trinajstić information content (AvgIpc) is 3.15. The van der Waals surface area contributed by atoms with Gasteiger partial charge in [-0.05, 0) is 35.4 Å². The molecule has 184 valence electrons. The van der Waals surface area contributed by atoms with Gasteiger partial charge in [0.1, 0.15) is 17.2 Å². The monoisotopic (exact) mass is 507 g/mol. The molecule has 10 nitrogen and oxygen atoms in total. The maximum atomic E-state index is 13.6. The largest absolute Gasteiger partial charge is 0.421 e. The van der Waals surface area contributed by atoms with E-state index in [0.29, 0.717) is 23.1 Å². The van der Waals surface area contributed by atoms with Gasteiger partial charge in [0.15, 0.2) is 0 Å². The molecule has 0 unspecified atom stereocenters. The Morgan fingerprint density at radius 3 is 2.66 bits per heavy atom. The second kappa shape index (κ2) is 9.02. The predicted octanol–water partition coefficient (Wildman–Crippen LogP) is 3.14. The minimum absolute atomic E-state index is 0.0858. The van der Waals surface area contributed by atoms with Gasteiger partial charge in [-0.3, -0.25) is 9.10 Å². The molecule has 0 saturated heterocycles. The van der Waals surface area contributed by atoms with Crippen LogP contribution in [0.2, 0.25) is 0 Å². The lowest BCUT2D eigenvalue weighted by atomic mass is 10.1. The molecule has 14 heteroatoms. The number of hydrogen-bond donors (Lipinski definition) is 3. The third-order valence-corrected chi connectivity index (χ3v) is 6.36. The van der Waals surface area contributed by atoms with Crippen LogP contribution in [0.15, 0.2) is 42.7 Å². The molecule has 1 amide bonds. The highest BCUT2D eigenvalue weighted by Crippen LogP contribution is 2.35. The summed E-state index contributed by atoms with van der Waals surface area (Å²) in [5.74, 6) is -0.565. The fourth-order valence-corrected chi connectivity index (χ4v) is 3.74. The van der Waals surface area contributed by atoms with E-state index in [0.717, 1.165) is 16.1 Å². The molecule has 3 aromatic rings. The van der Waals surface area contributed by atoms with E-state index >= 15 is 0 Å². The number of anilines is 5. The molecule has 2 aromatic heterocycles. The Balaban J connectivity index is 1.57. The van der Waals surface area contributed by atoms with Gasteiger partial charge in [-0.25, -0.2) is 18.4 Å². The molecule has 0 fully saturated rings. The normalized spacial score (nSPS) is 13.2. The van der Waals surface area contributed by atoms with Crippen molar-refractivity contribution in [3.05, 3.63) is 59.4 Å². The first-order chi connectivity index (χ1) is 16.4. The number of hydrogen-bond acceptors (Lipinski definition) is 8. The van der Waals surface area contributed by atoms with Gasteiger partial charge in [-0.2, -0.15) is 18.2 Å². The molecule has 3 N–H and O–H groups in total. The Kier molecular flexibility index (Phi) is 6.23. The zero-order valence-electron chi connectivity index (χ0n) is 18.5. The number of aromatic nitrogens is 3. The first-order valence-corrected chi connectivity index (χ1v) is 12.0. The number of amides is 1.